The zero-order chi connectivity index (χ0) is 18.8. The van der Waals surface area contributed by atoms with Gasteiger partial charge in [0.15, 0.2) is 5.96 Å². The third kappa shape index (κ3) is 7.49. The number of aliphatic imine (C=N–C) groups is 1. The molecule has 0 atom stereocenters. The van der Waals surface area contributed by atoms with Gasteiger partial charge < -0.3 is 20.1 Å². The van der Waals surface area contributed by atoms with Crippen molar-refractivity contribution < 1.29 is 9.47 Å². The van der Waals surface area contributed by atoms with Crippen LogP contribution in [0.15, 0.2) is 23.2 Å². The summed E-state index contributed by atoms with van der Waals surface area (Å²) in [6.45, 7) is 7.43. The minimum absolute atomic E-state index is 0. The first-order valence-corrected chi connectivity index (χ1v) is 9.77. The van der Waals surface area contributed by atoms with Crippen LogP contribution < -0.4 is 15.4 Å². The number of benzene rings is 1. The van der Waals surface area contributed by atoms with Crippen LogP contribution >= 0.6 is 24.0 Å². The molecule has 2 rings (SSSR count). The van der Waals surface area contributed by atoms with Crippen LogP contribution in [0.4, 0.5) is 0 Å². The van der Waals surface area contributed by atoms with Crippen molar-refractivity contribution in [3.63, 3.8) is 0 Å². The maximum Gasteiger partial charge on any atom is 0.191 e. The van der Waals surface area contributed by atoms with E-state index in [0.717, 1.165) is 49.0 Å². The SMILES string of the molecule is CCNC(=NCc1ccc(C)c(OC)c1)NCC1(CCOC)CCCC1.I. The Morgan fingerprint density at radius 2 is 1.93 bits per heavy atom. The van der Waals surface area contributed by atoms with Crippen molar-refractivity contribution in [3.8, 4) is 5.75 Å². The Morgan fingerprint density at radius 3 is 2.56 bits per heavy atom. The summed E-state index contributed by atoms with van der Waals surface area (Å²) in [5.74, 6) is 1.80. The zero-order valence-electron chi connectivity index (χ0n) is 17.3. The smallest absolute Gasteiger partial charge is 0.191 e. The van der Waals surface area contributed by atoms with Crippen LogP contribution in [0.25, 0.3) is 0 Å². The summed E-state index contributed by atoms with van der Waals surface area (Å²) in [6.07, 6.45) is 6.31. The van der Waals surface area contributed by atoms with Crippen LogP contribution in [0.3, 0.4) is 0 Å². The predicted octanol–water partition coefficient (Wildman–Crippen LogP) is 4.27. The van der Waals surface area contributed by atoms with Crippen LogP contribution in [0, 0.1) is 12.3 Å². The average Bonchev–Trinajstić information content (AvgIpc) is 3.12. The second kappa shape index (κ2) is 12.4. The Hall–Kier alpha value is -1.02. The number of nitrogens with one attached hydrogen (secondary N) is 2. The number of methoxy groups -OCH3 is 2. The molecule has 0 bridgehead atoms. The fourth-order valence-electron chi connectivity index (χ4n) is 3.70. The molecule has 0 amide bonds. The fraction of sp³-hybridized carbons (Fsp3) is 0.667. The lowest BCUT2D eigenvalue weighted by atomic mass is 9.83. The molecule has 0 unspecified atom stereocenters. The first kappa shape index (κ1) is 24.0. The van der Waals surface area contributed by atoms with Gasteiger partial charge in [-0.25, -0.2) is 4.99 Å². The van der Waals surface area contributed by atoms with Gasteiger partial charge >= 0.3 is 0 Å². The van der Waals surface area contributed by atoms with Gasteiger partial charge in [0.05, 0.1) is 13.7 Å². The van der Waals surface area contributed by atoms with E-state index in [1.165, 1.54) is 25.7 Å². The number of rotatable bonds is 9. The molecule has 0 heterocycles. The predicted molar refractivity (Wildman–Crippen MR) is 123 cm³/mol. The largest absolute Gasteiger partial charge is 0.496 e. The third-order valence-corrected chi connectivity index (χ3v) is 5.37. The molecular weight excluding hydrogens is 453 g/mol. The average molecular weight is 489 g/mol. The summed E-state index contributed by atoms with van der Waals surface area (Å²) in [4.78, 5) is 4.77. The van der Waals surface area contributed by atoms with E-state index in [4.69, 9.17) is 14.5 Å². The van der Waals surface area contributed by atoms with Gasteiger partial charge in [-0.1, -0.05) is 25.0 Å². The topological polar surface area (TPSA) is 54.9 Å². The molecule has 1 fully saturated rings. The van der Waals surface area contributed by atoms with Crippen LogP contribution in [-0.4, -0.2) is 39.9 Å². The van der Waals surface area contributed by atoms with Crippen molar-refractivity contribution >= 4 is 29.9 Å². The highest BCUT2D eigenvalue weighted by atomic mass is 127. The van der Waals surface area contributed by atoms with Gasteiger partial charge in [0.25, 0.3) is 0 Å². The van der Waals surface area contributed by atoms with Gasteiger partial charge in [-0.15, -0.1) is 24.0 Å². The monoisotopic (exact) mass is 489 g/mol. The Morgan fingerprint density at radius 1 is 1.19 bits per heavy atom. The molecule has 0 spiro atoms. The number of guanidine groups is 1. The summed E-state index contributed by atoms with van der Waals surface area (Å²) in [7, 11) is 3.50. The molecular formula is C21H36IN3O2. The molecule has 0 aromatic heterocycles. The minimum Gasteiger partial charge on any atom is -0.496 e. The molecule has 1 saturated carbocycles. The lowest BCUT2D eigenvalue weighted by Gasteiger charge is -2.30. The summed E-state index contributed by atoms with van der Waals surface area (Å²) >= 11 is 0. The van der Waals surface area contributed by atoms with Crippen LogP contribution in [0.2, 0.25) is 0 Å². The number of hydrogen-bond donors (Lipinski definition) is 2. The van der Waals surface area contributed by atoms with Gasteiger partial charge in [-0.3, -0.25) is 0 Å². The van der Waals surface area contributed by atoms with Crippen LogP contribution in [0.1, 0.15) is 50.2 Å². The molecule has 2 N–H and O–H groups in total. The van der Waals surface area contributed by atoms with Crippen molar-refractivity contribution in [2.45, 2.75) is 52.5 Å². The number of hydrogen-bond acceptors (Lipinski definition) is 3. The molecule has 1 aromatic carbocycles. The Labute approximate surface area is 181 Å². The molecule has 1 aliphatic carbocycles. The van der Waals surface area contributed by atoms with Crippen molar-refractivity contribution in [2.75, 3.05) is 33.9 Å². The van der Waals surface area contributed by atoms with Gasteiger partial charge in [-0.05, 0) is 55.7 Å². The highest BCUT2D eigenvalue weighted by molar-refractivity contribution is 14.0. The number of halogens is 1. The standard InChI is InChI=1S/C21H35N3O2.HI/c1-5-22-20(23-15-18-9-8-17(2)19(14-18)26-4)24-16-21(12-13-25-3)10-6-7-11-21;/h8-9,14H,5-7,10-13,15-16H2,1-4H3,(H2,22,23,24);1H. The Bertz CT molecular complexity index is 587. The summed E-state index contributed by atoms with van der Waals surface area (Å²) in [5.41, 5.74) is 2.64. The highest BCUT2D eigenvalue weighted by Gasteiger charge is 2.33. The Balaban J connectivity index is 0.00000364. The van der Waals surface area contributed by atoms with E-state index in [9.17, 15) is 0 Å². The van der Waals surface area contributed by atoms with E-state index in [0.29, 0.717) is 12.0 Å². The molecule has 0 aliphatic heterocycles. The molecule has 6 heteroatoms. The molecule has 1 aromatic rings. The summed E-state index contributed by atoms with van der Waals surface area (Å²) in [6, 6.07) is 6.27. The summed E-state index contributed by atoms with van der Waals surface area (Å²) in [5, 5.41) is 6.94. The van der Waals surface area contributed by atoms with Crippen molar-refractivity contribution in [3.05, 3.63) is 29.3 Å². The quantitative estimate of drug-likeness (QED) is 0.309. The first-order chi connectivity index (χ1) is 12.6. The minimum atomic E-state index is 0. The van der Waals surface area contributed by atoms with Crippen LogP contribution in [0.5, 0.6) is 5.75 Å². The summed E-state index contributed by atoms with van der Waals surface area (Å²) < 4.78 is 10.7. The third-order valence-electron chi connectivity index (χ3n) is 5.37. The van der Waals surface area contributed by atoms with Crippen LogP contribution in [-0.2, 0) is 11.3 Å². The normalized spacial score (nSPS) is 15.9. The molecule has 5 nitrogen and oxygen atoms in total. The van der Waals surface area contributed by atoms with Crippen molar-refractivity contribution in [2.24, 2.45) is 10.4 Å². The van der Waals surface area contributed by atoms with E-state index in [1.807, 2.05) is 0 Å². The van der Waals surface area contributed by atoms with Gasteiger partial charge in [0, 0.05) is 26.8 Å². The number of ether oxygens (including phenoxy) is 2. The first-order valence-electron chi connectivity index (χ1n) is 9.77. The van der Waals surface area contributed by atoms with E-state index in [-0.39, 0.29) is 24.0 Å². The second-order valence-electron chi connectivity index (χ2n) is 7.30. The van der Waals surface area contributed by atoms with Gasteiger partial charge in [-0.2, -0.15) is 0 Å². The van der Waals surface area contributed by atoms with Gasteiger partial charge in [0.2, 0.25) is 0 Å². The zero-order valence-corrected chi connectivity index (χ0v) is 19.6. The highest BCUT2D eigenvalue weighted by Crippen LogP contribution is 2.40. The van der Waals surface area contributed by atoms with Gasteiger partial charge in [0.1, 0.15) is 5.75 Å². The van der Waals surface area contributed by atoms with E-state index < -0.39 is 0 Å². The molecule has 27 heavy (non-hydrogen) atoms. The van der Waals surface area contributed by atoms with E-state index in [1.54, 1.807) is 14.2 Å². The molecule has 0 saturated heterocycles. The van der Waals surface area contributed by atoms with Crippen molar-refractivity contribution in [1.82, 2.24) is 10.6 Å². The molecule has 1 aliphatic rings. The maximum absolute atomic E-state index is 5.41. The second-order valence-corrected chi connectivity index (χ2v) is 7.30. The number of nitrogens with zero attached hydrogens (tertiary/aromatic N) is 1. The van der Waals surface area contributed by atoms with Crippen molar-refractivity contribution in [1.29, 1.82) is 0 Å². The van der Waals surface area contributed by atoms with E-state index >= 15 is 0 Å². The lowest BCUT2D eigenvalue weighted by Crippen LogP contribution is -2.43. The molecule has 154 valence electrons. The molecule has 0 radical (unpaired) electrons. The fourth-order valence-corrected chi connectivity index (χ4v) is 3.70. The number of aryl methyl sites for hydroxylation is 1. The van der Waals surface area contributed by atoms with E-state index in [2.05, 4.69) is 42.7 Å². The maximum atomic E-state index is 5.41. The Kier molecular flexibility index (Phi) is 11.1. The lowest BCUT2D eigenvalue weighted by molar-refractivity contribution is 0.138.